The first-order valence-corrected chi connectivity index (χ1v) is 6.24. The van der Waals surface area contributed by atoms with Crippen LogP contribution < -0.4 is 5.32 Å². The molecule has 2 aliphatic rings. The highest BCUT2D eigenvalue weighted by atomic mass is 35.5. The van der Waals surface area contributed by atoms with Crippen LogP contribution in [0.15, 0.2) is 18.2 Å². The molecule has 2 nitrogen and oxygen atoms in total. The number of nitrogens with one attached hydrogen (secondary N) is 1. The molecule has 1 spiro atoms. The van der Waals surface area contributed by atoms with Crippen molar-refractivity contribution in [1.82, 2.24) is 5.32 Å². The quantitative estimate of drug-likeness (QED) is 0.749. The van der Waals surface area contributed by atoms with E-state index in [0.717, 1.165) is 31.0 Å². The van der Waals surface area contributed by atoms with Crippen molar-refractivity contribution in [2.45, 2.75) is 31.4 Å². The highest BCUT2D eigenvalue weighted by molar-refractivity contribution is 6.30. The largest absolute Gasteiger partial charge is 0.367 e. The Kier molecular flexibility index (Phi) is 2.46. The van der Waals surface area contributed by atoms with Crippen molar-refractivity contribution >= 4 is 11.6 Å². The van der Waals surface area contributed by atoms with Gasteiger partial charge in [-0.25, -0.2) is 0 Å². The van der Waals surface area contributed by atoms with Gasteiger partial charge in [0.05, 0.1) is 6.61 Å². The average molecular weight is 238 g/mol. The molecule has 0 aromatic heterocycles. The van der Waals surface area contributed by atoms with Gasteiger partial charge < -0.3 is 10.1 Å². The van der Waals surface area contributed by atoms with Crippen molar-refractivity contribution in [3.63, 3.8) is 0 Å². The van der Waals surface area contributed by atoms with Gasteiger partial charge in [0.25, 0.3) is 0 Å². The molecule has 0 amide bonds. The summed E-state index contributed by atoms with van der Waals surface area (Å²) in [7, 11) is 0. The number of morpholine rings is 1. The third kappa shape index (κ3) is 1.56. The molecule has 1 fully saturated rings. The van der Waals surface area contributed by atoms with Crippen molar-refractivity contribution in [3.05, 3.63) is 34.3 Å². The van der Waals surface area contributed by atoms with Crippen molar-refractivity contribution in [3.8, 4) is 0 Å². The first kappa shape index (κ1) is 10.6. The van der Waals surface area contributed by atoms with E-state index in [1.165, 1.54) is 11.1 Å². The van der Waals surface area contributed by atoms with E-state index in [1.54, 1.807) is 0 Å². The fraction of sp³-hybridized carbons (Fsp3) is 0.538. The van der Waals surface area contributed by atoms with Crippen LogP contribution in [0.4, 0.5) is 0 Å². The lowest BCUT2D eigenvalue weighted by Gasteiger charge is -2.38. The van der Waals surface area contributed by atoms with E-state index in [4.69, 9.17) is 16.3 Å². The molecule has 1 aromatic rings. The molecule has 16 heavy (non-hydrogen) atoms. The van der Waals surface area contributed by atoms with E-state index in [-0.39, 0.29) is 5.60 Å². The highest BCUT2D eigenvalue weighted by Crippen LogP contribution is 2.42. The number of hydrogen-bond donors (Lipinski definition) is 1. The summed E-state index contributed by atoms with van der Waals surface area (Å²) < 4.78 is 6.10. The second kappa shape index (κ2) is 3.73. The lowest BCUT2D eigenvalue weighted by atomic mass is 9.94. The topological polar surface area (TPSA) is 21.3 Å². The van der Waals surface area contributed by atoms with Crippen LogP contribution in [0.2, 0.25) is 5.02 Å². The Morgan fingerprint density at radius 1 is 1.50 bits per heavy atom. The minimum atomic E-state index is -0.118. The van der Waals surface area contributed by atoms with Gasteiger partial charge in [0.15, 0.2) is 0 Å². The maximum absolute atomic E-state index is 6.10. The lowest BCUT2D eigenvalue weighted by Crippen LogP contribution is -2.50. The molecular weight excluding hydrogens is 222 g/mol. The van der Waals surface area contributed by atoms with Crippen LogP contribution >= 0.6 is 11.6 Å². The zero-order valence-corrected chi connectivity index (χ0v) is 10.2. The predicted molar refractivity (Wildman–Crippen MR) is 64.9 cm³/mol. The summed E-state index contributed by atoms with van der Waals surface area (Å²) in [6.45, 7) is 3.84. The van der Waals surface area contributed by atoms with Crippen LogP contribution in [0.3, 0.4) is 0 Å². The van der Waals surface area contributed by atoms with Gasteiger partial charge in [-0.05, 0) is 43.0 Å². The summed E-state index contributed by atoms with van der Waals surface area (Å²) in [6, 6.07) is 6.63. The molecule has 1 aliphatic heterocycles. The van der Waals surface area contributed by atoms with Gasteiger partial charge in [-0.15, -0.1) is 0 Å². The summed E-state index contributed by atoms with van der Waals surface area (Å²) in [4.78, 5) is 0. The fourth-order valence-electron chi connectivity index (χ4n) is 2.73. The van der Waals surface area contributed by atoms with E-state index in [2.05, 4.69) is 24.4 Å². The Balaban J connectivity index is 1.98. The number of aryl methyl sites for hydroxylation is 1. The molecule has 3 rings (SSSR count). The molecule has 2 unspecified atom stereocenters. The number of hydrogen-bond acceptors (Lipinski definition) is 2. The van der Waals surface area contributed by atoms with Gasteiger partial charge in [0, 0.05) is 17.6 Å². The Hall–Kier alpha value is -0.570. The van der Waals surface area contributed by atoms with E-state index < -0.39 is 0 Å². The fourth-order valence-corrected chi connectivity index (χ4v) is 2.90. The Morgan fingerprint density at radius 2 is 2.38 bits per heavy atom. The molecule has 1 aliphatic carbocycles. The summed E-state index contributed by atoms with van der Waals surface area (Å²) in [5.74, 6) is 0. The molecular formula is C13H16ClNO. The number of halogens is 1. The van der Waals surface area contributed by atoms with E-state index in [1.807, 2.05) is 6.07 Å². The Morgan fingerprint density at radius 3 is 3.12 bits per heavy atom. The zero-order chi connectivity index (χ0) is 11.2. The second-order valence-corrected chi connectivity index (χ2v) is 5.33. The van der Waals surface area contributed by atoms with Gasteiger partial charge in [-0.1, -0.05) is 17.7 Å². The average Bonchev–Trinajstić information content (AvgIpc) is 2.62. The van der Waals surface area contributed by atoms with Crippen LogP contribution in [-0.4, -0.2) is 19.2 Å². The van der Waals surface area contributed by atoms with E-state index >= 15 is 0 Å². The molecule has 3 heteroatoms. The standard InChI is InChI=1S/C13H16ClNO/c1-9-7-16-13(8-15-9)5-4-10-2-3-11(14)6-12(10)13/h2-3,6,9,15H,4-5,7-8H2,1H3. The normalized spacial score (nSPS) is 33.0. The molecule has 0 radical (unpaired) electrons. The van der Waals surface area contributed by atoms with Crippen LogP contribution in [0.1, 0.15) is 24.5 Å². The maximum atomic E-state index is 6.10. The maximum Gasteiger partial charge on any atom is 0.106 e. The van der Waals surface area contributed by atoms with Gasteiger partial charge in [-0.2, -0.15) is 0 Å². The van der Waals surface area contributed by atoms with Crippen LogP contribution in [0.5, 0.6) is 0 Å². The smallest absolute Gasteiger partial charge is 0.106 e. The van der Waals surface area contributed by atoms with Crippen LogP contribution in [0.25, 0.3) is 0 Å². The number of ether oxygens (including phenoxy) is 1. The second-order valence-electron chi connectivity index (χ2n) is 4.89. The SMILES string of the molecule is CC1COC2(CCc3ccc(Cl)cc32)CN1. The number of benzene rings is 1. The zero-order valence-electron chi connectivity index (χ0n) is 9.42. The molecule has 1 heterocycles. The Labute approximate surface area is 101 Å². The van der Waals surface area contributed by atoms with Gasteiger partial charge in [-0.3, -0.25) is 0 Å². The molecule has 86 valence electrons. The number of rotatable bonds is 0. The van der Waals surface area contributed by atoms with Gasteiger partial charge in [0.2, 0.25) is 0 Å². The van der Waals surface area contributed by atoms with E-state index in [0.29, 0.717) is 6.04 Å². The van der Waals surface area contributed by atoms with Crippen molar-refractivity contribution < 1.29 is 4.74 Å². The predicted octanol–water partition coefficient (Wildman–Crippen LogP) is 2.49. The van der Waals surface area contributed by atoms with Crippen molar-refractivity contribution in [1.29, 1.82) is 0 Å². The molecule has 1 aromatic carbocycles. The molecule has 1 saturated heterocycles. The minimum Gasteiger partial charge on any atom is -0.367 e. The van der Waals surface area contributed by atoms with Crippen molar-refractivity contribution in [2.75, 3.05) is 13.2 Å². The van der Waals surface area contributed by atoms with Gasteiger partial charge in [0.1, 0.15) is 5.60 Å². The summed E-state index contributed by atoms with van der Waals surface area (Å²) in [6.07, 6.45) is 2.17. The summed E-state index contributed by atoms with van der Waals surface area (Å²) in [5.41, 5.74) is 2.56. The van der Waals surface area contributed by atoms with Gasteiger partial charge >= 0.3 is 0 Å². The monoisotopic (exact) mass is 237 g/mol. The summed E-state index contributed by atoms with van der Waals surface area (Å²) >= 11 is 6.08. The molecule has 1 N–H and O–H groups in total. The van der Waals surface area contributed by atoms with Crippen LogP contribution in [-0.2, 0) is 16.8 Å². The van der Waals surface area contributed by atoms with Crippen LogP contribution in [0, 0.1) is 0 Å². The molecule has 2 atom stereocenters. The molecule has 0 bridgehead atoms. The third-order valence-corrected chi connectivity index (χ3v) is 3.94. The summed E-state index contributed by atoms with van der Waals surface area (Å²) in [5, 5.41) is 4.31. The first-order valence-electron chi connectivity index (χ1n) is 5.86. The highest BCUT2D eigenvalue weighted by Gasteiger charge is 2.42. The lowest BCUT2D eigenvalue weighted by molar-refractivity contribution is -0.0843. The number of fused-ring (bicyclic) bond motifs is 2. The third-order valence-electron chi connectivity index (χ3n) is 3.71. The van der Waals surface area contributed by atoms with Crippen molar-refractivity contribution in [2.24, 2.45) is 0 Å². The Bertz CT molecular complexity index is 410. The van der Waals surface area contributed by atoms with E-state index in [9.17, 15) is 0 Å². The minimum absolute atomic E-state index is 0.118. The molecule has 0 saturated carbocycles. The first-order chi connectivity index (χ1) is 7.70.